The first kappa shape index (κ1) is 14.2. The minimum atomic E-state index is -0.489. The zero-order chi connectivity index (χ0) is 14.9. The number of hydrogen-bond donors (Lipinski definition) is 0. The minimum Gasteiger partial charge on any atom is -0.352 e. The van der Waals surface area contributed by atoms with E-state index in [1.165, 1.54) is 6.08 Å². The molecule has 0 saturated carbocycles. The van der Waals surface area contributed by atoms with Gasteiger partial charge in [-0.25, -0.2) is 4.99 Å². The van der Waals surface area contributed by atoms with Crippen LogP contribution in [0.3, 0.4) is 0 Å². The zero-order valence-electron chi connectivity index (χ0n) is 12.0. The molecule has 1 aromatic heterocycles. The number of nitrogens with zero attached hydrogens (tertiary/aromatic N) is 4. The first-order valence-corrected chi connectivity index (χ1v) is 6.44. The van der Waals surface area contributed by atoms with Gasteiger partial charge in [-0.3, -0.25) is 4.79 Å². The minimum absolute atomic E-state index is 0.108. The summed E-state index contributed by atoms with van der Waals surface area (Å²) < 4.78 is 5.15. The maximum Gasteiger partial charge on any atom is 0.239 e. The van der Waals surface area contributed by atoms with E-state index < -0.39 is 5.92 Å². The summed E-state index contributed by atoms with van der Waals surface area (Å²) in [6.45, 7) is 13.5. The second-order valence-corrected chi connectivity index (χ2v) is 4.94. The number of carbonyl (C=O) groups is 1. The first-order valence-electron chi connectivity index (χ1n) is 6.44. The van der Waals surface area contributed by atoms with Crippen molar-refractivity contribution >= 4 is 12.5 Å². The second kappa shape index (κ2) is 5.40. The van der Waals surface area contributed by atoms with E-state index >= 15 is 0 Å². The van der Waals surface area contributed by atoms with Crippen molar-refractivity contribution in [2.24, 2.45) is 4.99 Å². The average Bonchev–Trinajstić information content (AvgIpc) is 2.84. The van der Waals surface area contributed by atoms with Gasteiger partial charge in [0.1, 0.15) is 11.7 Å². The van der Waals surface area contributed by atoms with Gasteiger partial charge in [0.2, 0.25) is 5.89 Å². The van der Waals surface area contributed by atoms with E-state index in [4.69, 9.17) is 4.52 Å². The van der Waals surface area contributed by atoms with E-state index in [0.717, 1.165) is 0 Å². The molecule has 0 N–H and O–H groups in total. The molecule has 2 rings (SSSR count). The number of hydrogen-bond acceptors (Lipinski definition) is 6. The fourth-order valence-corrected chi connectivity index (χ4v) is 2.29. The maximum absolute atomic E-state index is 12.5. The van der Waals surface area contributed by atoms with Crippen LogP contribution in [0.25, 0.3) is 0 Å². The van der Waals surface area contributed by atoms with E-state index in [-0.39, 0.29) is 11.8 Å². The van der Waals surface area contributed by atoms with Gasteiger partial charge >= 0.3 is 0 Å². The van der Waals surface area contributed by atoms with Gasteiger partial charge in [-0.1, -0.05) is 17.8 Å². The predicted molar refractivity (Wildman–Crippen MR) is 75.4 cm³/mol. The van der Waals surface area contributed by atoms with Crippen LogP contribution in [-0.2, 0) is 4.79 Å². The number of carbonyl (C=O) groups excluding carboxylic acids is 1. The molecule has 0 bridgehead atoms. The lowest BCUT2D eigenvalue weighted by molar-refractivity contribution is -0.118. The normalized spacial score (nSPS) is 19.7. The number of ketones is 1. The van der Waals surface area contributed by atoms with Crippen molar-refractivity contribution in [3.05, 3.63) is 35.8 Å². The molecule has 1 unspecified atom stereocenters. The SMILES string of the molecule is C=CC1=C(N=C)N(C(C)C)CC(c2nc(C)no2)C1=O. The van der Waals surface area contributed by atoms with Gasteiger partial charge in [0.05, 0.1) is 5.57 Å². The molecular formula is C14H18N4O2. The van der Waals surface area contributed by atoms with Crippen molar-refractivity contribution in [3.8, 4) is 0 Å². The Bertz CT molecular complexity index is 586. The molecule has 1 aliphatic rings. The highest BCUT2D eigenvalue weighted by Gasteiger charge is 2.37. The lowest BCUT2D eigenvalue weighted by atomic mass is 9.92. The molecule has 0 spiro atoms. The van der Waals surface area contributed by atoms with E-state index in [2.05, 4.69) is 28.4 Å². The molecule has 0 saturated heterocycles. The molecule has 106 valence electrons. The Hall–Kier alpha value is -2.24. The van der Waals surface area contributed by atoms with Gasteiger partial charge in [-0.15, -0.1) is 0 Å². The third kappa shape index (κ3) is 2.29. The van der Waals surface area contributed by atoms with Crippen LogP contribution in [-0.4, -0.2) is 40.1 Å². The van der Waals surface area contributed by atoms with Gasteiger partial charge in [0.15, 0.2) is 11.6 Å². The van der Waals surface area contributed by atoms with Crippen molar-refractivity contribution < 1.29 is 9.32 Å². The average molecular weight is 274 g/mol. The summed E-state index contributed by atoms with van der Waals surface area (Å²) in [6, 6.07) is 0.171. The second-order valence-electron chi connectivity index (χ2n) is 4.94. The number of Topliss-reactive ketones (excluding diaryl/α,β-unsaturated/α-hetero) is 1. The monoisotopic (exact) mass is 274 g/mol. The third-order valence-electron chi connectivity index (χ3n) is 3.29. The maximum atomic E-state index is 12.5. The summed E-state index contributed by atoms with van der Waals surface area (Å²) in [4.78, 5) is 22.7. The summed E-state index contributed by atoms with van der Waals surface area (Å²) in [5, 5.41) is 3.75. The van der Waals surface area contributed by atoms with Crippen LogP contribution in [0.15, 0.2) is 33.6 Å². The largest absolute Gasteiger partial charge is 0.352 e. The smallest absolute Gasteiger partial charge is 0.239 e. The lowest BCUT2D eigenvalue weighted by Gasteiger charge is -2.35. The molecule has 0 radical (unpaired) electrons. The Labute approximate surface area is 117 Å². The molecule has 1 atom stereocenters. The molecule has 6 heteroatoms. The summed E-state index contributed by atoms with van der Waals surface area (Å²) in [6.07, 6.45) is 1.51. The molecule has 0 aliphatic carbocycles. The number of aryl methyl sites for hydroxylation is 1. The first-order chi connectivity index (χ1) is 9.49. The molecule has 1 aromatic rings. The Balaban J connectivity index is 2.49. The fraction of sp³-hybridized carbons (Fsp3) is 0.429. The summed E-state index contributed by atoms with van der Waals surface area (Å²) >= 11 is 0. The molecule has 20 heavy (non-hydrogen) atoms. The molecule has 2 heterocycles. The van der Waals surface area contributed by atoms with E-state index in [1.54, 1.807) is 6.92 Å². The van der Waals surface area contributed by atoms with Crippen molar-refractivity contribution in [3.63, 3.8) is 0 Å². The number of aliphatic imine (C=N–C) groups is 1. The van der Waals surface area contributed by atoms with Crippen LogP contribution in [0, 0.1) is 6.92 Å². The fourth-order valence-electron chi connectivity index (χ4n) is 2.29. The highest BCUT2D eigenvalue weighted by atomic mass is 16.5. The van der Waals surface area contributed by atoms with Gasteiger partial charge in [-0.2, -0.15) is 4.98 Å². The lowest BCUT2D eigenvalue weighted by Crippen LogP contribution is -2.41. The number of allylic oxidation sites excluding steroid dienone is 2. The number of rotatable bonds is 4. The number of aromatic nitrogens is 2. The van der Waals surface area contributed by atoms with Gasteiger partial charge in [-0.05, 0) is 27.5 Å². The van der Waals surface area contributed by atoms with Crippen molar-refractivity contribution in [1.29, 1.82) is 0 Å². The van der Waals surface area contributed by atoms with Crippen molar-refractivity contribution in [2.75, 3.05) is 6.54 Å². The summed E-state index contributed by atoms with van der Waals surface area (Å²) in [5.74, 6) is 0.814. The van der Waals surface area contributed by atoms with E-state index in [1.807, 2.05) is 18.7 Å². The van der Waals surface area contributed by atoms with Crippen LogP contribution in [0.4, 0.5) is 0 Å². The molecular weight excluding hydrogens is 256 g/mol. The van der Waals surface area contributed by atoms with Crippen molar-refractivity contribution in [2.45, 2.75) is 32.7 Å². The van der Waals surface area contributed by atoms with Crippen LogP contribution in [0.1, 0.15) is 31.5 Å². The molecule has 6 nitrogen and oxygen atoms in total. The van der Waals surface area contributed by atoms with Crippen LogP contribution < -0.4 is 0 Å². The topological polar surface area (TPSA) is 71.6 Å². The standard InChI is InChI=1S/C14H18N4O2/c1-6-10-12(19)11(14-16-9(4)17-20-14)7-18(8(2)3)13(10)15-5/h6,8,11H,1,5,7H2,2-4H3. The molecule has 0 fully saturated rings. The van der Waals surface area contributed by atoms with Crippen LogP contribution in [0.2, 0.25) is 0 Å². The molecule has 0 amide bonds. The molecule has 0 aromatic carbocycles. The summed E-state index contributed by atoms with van der Waals surface area (Å²) in [7, 11) is 0. The quantitative estimate of drug-likeness (QED) is 0.783. The Morgan fingerprint density at radius 2 is 2.25 bits per heavy atom. The zero-order valence-corrected chi connectivity index (χ0v) is 12.0. The Kier molecular flexibility index (Phi) is 3.83. The Morgan fingerprint density at radius 1 is 1.55 bits per heavy atom. The third-order valence-corrected chi connectivity index (χ3v) is 3.29. The van der Waals surface area contributed by atoms with Gasteiger partial charge in [0.25, 0.3) is 0 Å². The van der Waals surface area contributed by atoms with E-state index in [0.29, 0.717) is 29.7 Å². The Morgan fingerprint density at radius 3 is 2.70 bits per heavy atom. The van der Waals surface area contributed by atoms with Crippen LogP contribution >= 0.6 is 0 Å². The van der Waals surface area contributed by atoms with Gasteiger partial charge < -0.3 is 9.42 Å². The van der Waals surface area contributed by atoms with Crippen molar-refractivity contribution in [1.82, 2.24) is 15.0 Å². The highest BCUT2D eigenvalue weighted by molar-refractivity contribution is 6.03. The van der Waals surface area contributed by atoms with Gasteiger partial charge in [0, 0.05) is 12.6 Å². The highest BCUT2D eigenvalue weighted by Crippen LogP contribution is 2.31. The molecule has 1 aliphatic heterocycles. The van der Waals surface area contributed by atoms with E-state index in [9.17, 15) is 4.79 Å². The predicted octanol–water partition coefficient (Wildman–Crippen LogP) is 1.85. The van der Waals surface area contributed by atoms with Crippen LogP contribution in [0.5, 0.6) is 0 Å². The summed E-state index contributed by atoms with van der Waals surface area (Å²) in [5.41, 5.74) is 0.445.